The Balaban J connectivity index is 1.85. The summed E-state index contributed by atoms with van der Waals surface area (Å²) in [5, 5.41) is 3.53. The van der Waals surface area contributed by atoms with E-state index in [1.165, 1.54) is 6.07 Å². The van der Waals surface area contributed by atoms with Gasteiger partial charge in [-0.3, -0.25) is 9.59 Å². The van der Waals surface area contributed by atoms with Crippen LogP contribution in [0.2, 0.25) is 10.0 Å². The Morgan fingerprint density at radius 3 is 2.37 bits per heavy atom. The predicted octanol–water partition coefficient (Wildman–Crippen LogP) is 4.24. The molecule has 1 saturated heterocycles. The molecule has 0 aromatic heterocycles. The molecule has 1 fully saturated rings. The minimum atomic E-state index is -0.384. The highest BCUT2D eigenvalue weighted by Gasteiger charge is 2.24. The van der Waals surface area contributed by atoms with Crippen molar-refractivity contribution < 1.29 is 9.59 Å². The summed E-state index contributed by atoms with van der Waals surface area (Å²) in [7, 11) is 2.04. The van der Waals surface area contributed by atoms with E-state index in [2.05, 4.69) is 32.8 Å². The number of benzene rings is 2. The third-order valence-corrected chi connectivity index (χ3v) is 5.65. The highest BCUT2D eigenvalue weighted by Crippen LogP contribution is 2.25. The Morgan fingerprint density at radius 2 is 1.70 bits per heavy atom. The van der Waals surface area contributed by atoms with Gasteiger partial charge >= 0.3 is 0 Å². The Kier molecular flexibility index (Phi) is 6.62. The Morgan fingerprint density at radius 1 is 1.00 bits per heavy atom. The molecule has 1 aliphatic rings. The van der Waals surface area contributed by atoms with Crippen molar-refractivity contribution in [2.45, 2.75) is 0 Å². The number of anilines is 1. The Labute approximate surface area is 181 Å². The molecule has 2 amide bonds. The van der Waals surface area contributed by atoms with E-state index in [1.807, 2.05) is 18.0 Å². The summed E-state index contributed by atoms with van der Waals surface area (Å²) < 4.78 is 0.924. The lowest BCUT2D eigenvalue weighted by atomic mass is 10.1. The number of halogens is 3. The van der Waals surface area contributed by atoms with E-state index in [4.69, 9.17) is 23.2 Å². The van der Waals surface area contributed by atoms with Gasteiger partial charge in [0.05, 0.1) is 21.8 Å². The first-order valence-corrected chi connectivity index (χ1v) is 10.2. The molecule has 0 radical (unpaired) electrons. The van der Waals surface area contributed by atoms with E-state index in [0.717, 1.165) is 16.7 Å². The van der Waals surface area contributed by atoms with E-state index < -0.39 is 0 Å². The van der Waals surface area contributed by atoms with Gasteiger partial charge in [0.25, 0.3) is 11.8 Å². The summed E-state index contributed by atoms with van der Waals surface area (Å²) in [5.74, 6) is -0.468. The van der Waals surface area contributed by atoms with Gasteiger partial charge in [-0.2, -0.15) is 0 Å². The molecule has 2 aromatic carbocycles. The highest BCUT2D eigenvalue weighted by molar-refractivity contribution is 14.1. The summed E-state index contributed by atoms with van der Waals surface area (Å²) in [6.45, 7) is 2.99. The van der Waals surface area contributed by atoms with Crippen LogP contribution in [0.4, 0.5) is 5.69 Å². The van der Waals surface area contributed by atoms with Crippen molar-refractivity contribution >= 4 is 63.3 Å². The number of carbonyl (C=O) groups excluding carboxylic acids is 2. The van der Waals surface area contributed by atoms with Crippen molar-refractivity contribution in [2.24, 2.45) is 0 Å². The number of nitrogens with one attached hydrogen (secondary N) is 1. The van der Waals surface area contributed by atoms with Crippen LogP contribution in [0.5, 0.6) is 0 Å². The van der Waals surface area contributed by atoms with E-state index in [9.17, 15) is 9.59 Å². The number of likely N-dealkylation sites (N-methyl/N-ethyl adjacent to an activating group) is 1. The molecule has 0 saturated carbocycles. The molecule has 0 atom stereocenters. The molecule has 0 unspecified atom stereocenters. The summed E-state index contributed by atoms with van der Waals surface area (Å²) in [6.07, 6.45) is 0. The first-order chi connectivity index (χ1) is 12.8. The van der Waals surface area contributed by atoms with Crippen LogP contribution < -0.4 is 5.32 Å². The van der Waals surface area contributed by atoms with E-state index in [-0.39, 0.29) is 16.8 Å². The molecule has 2 aromatic rings. The van der Waals surface area contributed by atoms with Crippen LogP contribution in [-0.2, 0) is 0 Å². The van der Waals surface area contributed by atoms with Crippen LogP contribution in [0, 0.1) is 3.57 Å². The monoisotopic (exact) mass is 517 g/mol. The van der Waals surface area contributed by atoms with Gasteiger partial charge in [0.1, 0.15) is 0 Å². The zero-order chi connectivity index (χ0) is 19.6. The average molecular weight is 518 g/mol. The molecule has 0 bridgehead atoms. The molecule has 1 N–H and O–H groups in total. The zero-order valence-corrected chi connectivity index (χ0v) is 18.3. The molecule has 0 aliphatic carbocycles. The number of carbonyl (C=O) groups is 2. The molecule has 1 aliphatic heterocycles. The smallest absolute Gasteiger partial charge is 0.257 e. The standard InChI is InChI=1S/C19H18Cl2IN3O2/c1-24-6-8-25(9-7-24)19(27)15-11-13(22)3-5-17(15)23-18(26)14-4-2-12(20)10-16(14)21/h2-5,10-11H,6-9H2,1H3,(H,23,26). The topological polar surface area (TPSA) is 52.6 Å². The quantitative estimate of drug-likeness (QED) is 0.620. The minimum absolute atomic E-state index is 0.0841. The maximum Gasteiger partial charge on any atom is 0.257 e. The van der Waals surface area contributed by atoms with Gasteiger partial charge in [0, 0.05) is 34.8 Å². The Hall–Kier alpha value is -1.35. The van der Waals surface area contributed by atoms with Crippen molar-refractivity contribution in [3.05, 3.63) is 61.1 Å². The molecule has 27 heavy (non-hydrogen) atoms. The number of nitrogens with zero attached hydrogens (tertiary/aromatic N) is 2. The number of hydrogen-bond donors (Lipinski definition) is 1. The predicted molar refractivity (Wildman–Crippen MR) is 117 cm³/mol. The number of piperazine rings is 1. The second-order valence-corrected chi connectivity index (χ2v) is 8.45. The fraction of sp³-hybridized carbons (Fsp3) is 0.263. The molecular formula is C19H18Cl2IN3O2. The van der Waals surface area contributed by atoms with Crippen LogP contribution >= 0.6 is 45.8 Å². The molecule has 5 nitrogen and oxygen atoms in total. The van der Waals surface area contributed by atoms with E-state index in [0.29, 0.717) is 34.9 Å². The second kappa shape index (κ2) is 8.77. The lowest BCUT2D eigenvalue weighted by Gasteiger charge is -2.32. The fourth-order valence-corrected chi connectivity index (χ4v) is 3.83. The summed E-state index contributed by atoms with van der Waals surface area (Å²) in [6, 6.07) is 10.1. The van der Waals surface area contributed by atoms with Crippen molar-refractivity contribution in [1.29, 1.82) is 0 Å². The summed E-state index contributed by atoms with van der Waals surface area (Å²) >= 11 is 14.2. The normalized spacial score (nSPS) is 14.9. The van der Waals surface area contributed by atoms with Crippen LogP contribution in [0.1, 0.15) is 20.7 Å². The third kappa shape index (κ3) is 4.93. The lowest BCUT2D eigenvalue weighted by molar-refractivity contribution is 0.0665. The average Bonchev–Trinajstić information content (AvgIpc) is 2.63. The summed E-state index contributed by atoms with van der Waals surface area (Å²) in [5.41, 5.74) is 1.25. The fourth-order valence-electron chi connectivity index (χ4n) is 2.85. The van der Waals surface area contributed by atoms with Crippen LogP contribution in [0.3, 0.4) is 0 Å². The van der Waals surface area contributed by atoms with E-state index >= 15 is 0 Å². The van der Waals surface area contributed by atoms with Gasteiger partial charge in [-0.15, -0.1) is 0 Å². The van der Waals surface area contributed by atoms with Crippen molar-refractivity contribution in [3.63, 3.8) is 0 Å². The first-order valence-electron chi connectivity index (χ1n) is 8.39. The van der Waals surface area contributed by atoms with Gasteiger partial charge in [0.15, 0.2) is 0 Å². The van der Waals surface area contributed by atoms with Crippen molar-refractivity contribution in [1.82, 2.24) is 9.80 Å². The second-order valence-electron chi connectivity index (χ2n) is 6.36. The third-order valence-electron chi connectivity index (χ3n) is 4.43. The number of rotatable bonds is 3. The highest BCUT2D eigenvalue weighted by atomic mass is 127. The van der Waals surface area contributed by atoms with Crippen LogP contribution in [0.15, 0.2) is 36.4 Å². The van der Waals surface area contributed by atoms with Gasteiger partial charge in [0.2, 0.25) is 0 Å². The van der Waals surface area contributed by atoms with Gasteiger partial charge in [-0.05, 0) is 66.0 Å². The van der Waals surface area contributed by atoms with Crippen molar-refractivity contribution in [2.75, 3.05) is 38.5 Å². The molecule has 8 heteroatoms. The SMILES string of the molecule is CN1CCN(C(=O)c2cc(I)ccc2NC(=O)c2ccc(Cl)cc2Cl)CC1. The Bertz CT molecular complexity index is 883. The van der Waals surface area contributed by atoms with Gasteiger partial charge in [-0.1, -0.05) is 23.2 Å². The molecule has 142 valence electrons. The maximum absolute atomic E-state index is 13.0. The molecule has 3 rings (SSSR count). The maximum atomic E-state index is 13.0. The number of hydrogen-bond acceptors (Lipinski definition) is 3. The van der Waals surface area contributed by atoms with Gasteiger partial charge in [-0.25, -0.2) is 0 Å². The minimum Gasteiger partial charge on any atom is -0.336 e. The molecular weight excluding hydrogens is 500 g/mol. The zero-order valence-electron chi connectivity index (χ0n) is 14.6. The largest absolute Gasteiger partial charge is 0.336 e. The van der Waals surface area contributed by atoms with Crippen molar-refractivity contribution in [3.8, 4) is 0 Å². The first kappa shape index (κ1) is 20.4. The van der Waals surface area contributed by atoms with E-state index in [1.54, 1.807) is 24.3 Å². The van der Waals surface area contributed by atoms with Crippen LogP contribution in [-0.4, -0.2) is 54.8 Å². The molecule has 0 spiro atoms. The number of amides is 2. The lowest BCUT2D eigenvalue weighted by Crippen LogP contribution is -2.47. The van der Waals surface area contributed by atoms with Gasteiger partial charge < -0.3 is 15.1 Å². The summed E-state index contributed by atoms with van der Waals surface area (Å²) in [4.78, 5) is 29.7. The molecule has 1 heterocycles. The van der Waals surface area contributed by atoms with Crippen LogP contribution in [0.25, 0.3) is 0 Å².